The zero-order chi connectivity index (χ0) is 26.8. The third-order valence-electron chi connectivity index (χ3n) is 7.56. The number of ketones is 2. The molecule has 37 heavy (non-hydrogen) atoms. The number of rotatable bonds is 5. The second-order valence-corrected chi connectivity index (χ2v) is 10.2. The summed E-state index contributed by atoms with van der Waals surface area (Å²) in [6.45, 7) is 4.54. The first-order valence-electron chi connectivity index (χ1n) is 12.1. The minimum atomic E-state index is -2.58. The van der Waals surface area contributed by atoms with E-state index in [9.17, 15) is 34.8 Å². The third kappa shape index (κ3) is 3.67. The number of furan rings is 1. The molecular formula is C27H28N2O8. The Bertz CT molecular complexity index is 1420. The standard InChI is InChI=1S/C27H28N2O8/c1-11(2)29-10-14-3-6-19(37-14)15-4-5-17(30)21-16(15)8-12-7-13-9-18(31)22(26(28)35)25(34)27(13,36)24(33)20(12)23(21)32/h3-6,11-13,29-31,33,36H,7-10H2,1-2H3,(H2,28,35)/t12-,13+,27+/m1/s1. The number of hydrogen-bond acceptors (Lipinski definition) is 9. The van der Waals surface area contributed by atoms with Crippen LogP contribution in [-0.4, -0.2) is 49.5 Å². The molecule has 1 aromatic carbocycles. The second kappa shape index (κ2) is 8.60. The van der Waals surface area contributed by atoms with Crippen LogP contribution < -0.4 is 11.1 Å². The van der Waals surface area contributed by atoms with Crippen molar-refractivity contribution < 1.29 is 39.2 Å². The van der Waals surface area contributed by atoms with Crippen molar-refractivity contribution in [2.45, 2.75) is 51.3 Å². The Morgan fingerprint density at radius 3 is 2.57 bits per heavy atom. The van der Waals surface area contributed by atoms with E-state index in [-0.39, 0.29) is 42.2 Å². The Morgan fingerprint density at radius 1 is 1.16 bits per heavy atom. The summed E-state index contributed by atoms with van der Waals surface area (Å²) in [5, 5.41) is 46.6. The molecule has 3 atom stereocenters. The predicted molar refractivity (Wildman–Crippen MR) is 130 cm³/mol. The van der Waals surface area contributed by atoms with Crippen LogP contribution in [0.25, 0.3) is 11.3 Å². The number of fused-ring (bicyclic) bond motifs is 3. The maximum atomic E-state index is 13.7. The fraction of sp³-hybridized carbons (Fsp3) is 0.370. The van der Waals surface area contributed by atoms with Crippen molar-refractivity contribution in [3.05, 3.63) is 63.8 Å². The Kier molecular flexibility index (Phi) is 5.76. The second-order valence-electron chi connectivity index (χ2n) is 10.2. The average Bonchev–Trinajstić information content (AvgIpc) is 3.28. The van der Waals surface area contributed by atoms with Gasteiger partial charge < -0.3 is 35.9 Å². The van der Waals surface area contributed by atoms with Crippen molar-refractivity contribution in [1.29, 1.82) is 0 Å². The molecule has 0 saturated heterocycles. The molecule has 1 amide bonds. The number of carbonyl (C=O) groups excluding carboxylic acids is 3. The van der Waals surface area contributed by atoms with Crippen molar-refractivity contribution >= 4 is 17.5 Å². The Hall–Kier alpha value is -3.89. The molecule has 10 heteroatoms. The van der Waals surface area contributed by atoms with Crippen LogP contribution in [0.3, 0.4) is 0 Å². The van der Waals surface area contributed by atoms with E-state index in [1.165, 1.54) is 6.07 Å². The van der Waals surface area contributed by atoms with Gasteiger partial charge in [0.15, 0.2) is 11.4 Å². The number of aliphatic hydroxyl groups excluding tert-OH is 2. The summed E-state index contributed by atoms with van der Waals surface area (Å²) in [7, 11) is 0. The quantitative estimate of drug-likeness (QED) is 0.330. The molecule has 2 aromatic rings. The SMILES string of the molecule is CC(C)NCc1ccc(-c2ccc(O)c3c2C[C@H]2C[C@H]4CC(O)=C(C(N)=O)C(=O)[C@@]4(O)C(O)=C2C3=O)o1. The fourth-order valence-corrected chi connectivity index (χ4v) is 5.77. The third-order valence-corrected chi connectivity index (χ3v) is 7.56. The van der Waals surface area contributed by atoms with Crippen molar-refractivity contribution in [1.82, 2.24) is 5.32 Å². The number of hydrogen-bond donors (Lipinski definition) is 6. The number of phenolic OH excluding ortho intramolecular Hbond substituents is 1. The van der Waals surface area contributed by atoms with Crippen LogP contribution >= 0.6 is 0 Å². The van der Waals surface area contributed by atoms with Crippen LogP contribution in [0.2, 0.25) is 0 Å². The molecule has 0 unspecified atom stereocenters. The Balaban J connectivity index is 1.60. The van der Waals surface area contributed by atoms with Gasteiger partial charge in [-0.2, -0.15) is 0 Å². The summed E-state index contributed by atoms with van der Waals surface area (Å²) < 4.78 is 6.00. The lowest BCUT2D eigenvalue weighted by Crippen LogP contribution is -2.57. The predicted octanol–water partition coefficient (Wildman–Crippen LogP) is 2.34. The molecule has 1 aromatic heterocycles. The van der Waals surface area contributed by atoms with E-state index in [4.69, 9.17) is 10.2 Å². The van der Waals surface area contributed by atoms with E-state index in [2.05, 4.69) is 5.32 Å². The summed E-state index contributed by atoms with van der Waals surface area (Å²) in [6.07, 6.45) is 0.00478. The fourth-order valence-electron chi connectivity index (χ4n) is 5.77. The molecule has 0 bridgehead atoms. The number of aliphatic hydroxyl groups is 3. The van der Waals surface area contributed by atoms with Gasteiger partial charge in [-0.3, -0.25) is 14.4 Å². The van der Waals surface area contributed by atoms with Gasteiger partial charge >= 0.3 is 0 Å². The number of Topliss-reactive ketones (excluding diaryl/α,β-unsaturated/α-hetero) is 2. The van der Waals surface area contributed by atoms with Crippen molar-refractivity contribution in [3.8, 4) is 17.1 Å². The van der Waals surface area contributed by atoms with E-state index in [0.29, 0.717) is 29.2 Å². The number of amides is 1. The zero-order valence-corrected chi connectivity index (χ0v) is 20.4. The van der Waals surface area contributed by atoms with Gasteiger partial charge in [-0.05, 0) is 48.6 Å². The highest BCUT2D eigenvalue weighted by Gasteiger charge is 2.59. The number of nitrogens with one attached hydrogen (secondary N) is 1. The molecule has 3 aliphatic carbocycles. The Labute approximate surface area is 212 Å². The van der Waals surface area contributed by atoms with Gasteiger partial charge in [0.05, 0.1) is 12.1 Å². The van der Waals surface area contributed by atoms with Crippen molar-refractivity contribution in [2.75, 3.05) is 0 Å². The maximum Gasteiger partial charge on any atom is 0.255 e. The first kappa shape index (κ1) is 24.8. The van der Waals surface area contributed by atoms with Gasteiger partial charge in [0.1, 0.15) is 34.4 Å². The summed E-state index contributed by atoms with van der Waals surface area (Å²) in [4.78, 5) is 38.5. The minimum absolute atomic E-state index is 0.0487. The molecule has 0 spiro atoms. The number of benzene rings is 1. The summed E-state index contributed by atoms with van der Waals surface area (Å²) in [5.41, 5.74) is 2.73. The van der Waals surface area contributed by atoms with E-state index in [0.717, 1.165) is 0 Å². The summed E-state index contributed by atoms with van der Waals surface area (Å²) in [5.74, 6) is -5.33. The van der Waals surface area contributed by atoms with Gasteiger partial charge in [-0.1, -0.05) is 13.8 Å². The van der Waals surface area contributed by atoms with Crippen LogP contribution in [0.4, 0.5) is 0 Å². The molecular weight excluding hydrogens is 480 g/mol. The number of aromatic hydroxyl groups is 1. The zero-order valence-electron chi connectivity index (χ0n) is 20.4. The lowest BCUT2D eigenvalue weighted by molar-refractivity contribution is -0.144. The van der Waals surface area contributed by atoms with Gasteiger partial charge in [0, 0.05) is 29.5 Å². The van der Waals surface area contributed by atoms with Crippen LogP contribution in [0.5, 0.6) is 5.75 Å². The van der Waals surface area contributed by atoms with Crippen LogP contribution in [0.1, 0.15) is 48.4 Å². The molecule has 194 valence electrons. The molecule has 0 aliphatic heterocycles. The van der Waals surface area contributed by atoms with E-state index in [1.54, 1.807) is 12.1 Å². The van der Waals surface area contributed by atoms with Gasteiger partial charge in [-0.15, -0.1) is 0 Å². The monoisotopic (exact) mass is 508 g/mol. The molecule has 3 aliphatic rings. The van der Waals surface area contributed by atoms with Gasteiger partial charge in [-0.25, -0.2) is 0 Å². The molecule has 0 fully saturated rings. The minimum Gasteiger partial charge on any atom is -0.511 e. The van der Waals surface area contributed by atoms with Crippen molar-refractivity contribution in [3.63, 3.8) is 0 Å². The number of nitrogens with two attached hydrogens (primary N) is 1. The highest BCUT2D eigenvalue weighted by Crippen LogP contribution is 2.52. The summed E-state index contributed by atoms with van der Waals surface area (Å²) >= 11 is 0. The Morgan fingerprint density at radius 2 is 1.89 bits per heavy atom. The van der Waals surface area contributed by atoms with Crippen molar-refractivity contribution in [2.24, 2.45) is 17.6 Å². The highest BCUT2D eigenvalue weighted by atomic mass is 16.4. The smallest absolute Gasteiger partial charge is 0.255 e. The van der Waals surface area contributed by atoms with Gasteiger partial charge in [0.25, 0.3) is 5.91 Å². The normalized spacial score (nSPS) is 25.3. The van der Waals surface area contributed by atoms with Crippen LogP contribution in [0, 0.1) is 11.8 Å². The van der Waals surface area contributed by atoms with Gasteiger partial charge in [0.2, 0.25) is 5.78 Å². The number of carbonyl (C=O) groups is 3. The van der Waals surface area contributed by atoms with Crippen LogP contribution in [-0.2, 0) is 22.6 Å². The van der Waals surface area contributed by atoms with E-state index >= 15 is 0 Å². The molecule has 0 saturated carbocycles. The lowest BCUT2D eigenvalue weighted by Gasteiger charge is -2.45. The number of primary amides is 1. The lowest BCUT2D eigenvalue weighted by atomic mass is 9.60. The number of phenols is 1. The van der Waals surface area contributed by atoms with E-state index < -0.39 is 52.0 Å². The first-order valence-corrected chi connectivity index (χ1v) is 12.1. The topological polar surface area (TPSA) is 183 Å². The maximum absolute atomic E-state index is 13.7. The largest absolute Gasteiger partial charge is 0.511 e. The van der Waals surface area contributed by atoms with Crippen LogP contribution in [0.15, 0.2) is 51.3 Å². The molecule has 1 heterocycles. The molecule has 5 rings (SSSR count). The average molecular weight is 509 g/mol. The molecule has 0 radical (unpaired) electrons. The highest BCUT2D eigenvalue weighted by molar-refractivity contribution is 6.24. The number of allylic oxidation sites excluding steroid dienone is 2. The summed E-state index contributed by atoms with van der Waals surface area (Å²) in [6, 6.07) is 6.88. The molecule has 10 nitrogen and oxygen atoms in total. The van der Waals surface area contributed by atoms with E-state index in [1.807, 2.05) is 19.9 Å². The molecule has 7 N–H and O–H groups in total. The first-order chi connectivity index (χ1) is 17.4.